The molecule has 8 heteroatoms. The fourth-order valence-electron chi connectivity index (χ4n) is 1.70. The number of benzene rings is 1. The van der Waals surface area contributed by atoms with Gasteiger partial charge in [-0.1, -0.05) is 0 Å². The first-order chi connectivity index (χ1) is 10.6. The summed E-state index contributed by atoms with van der Waals surface area (Å²) in [6, 6.07) is 3.24. The van der Waals surface area contributed by atoms with Crippen LogP contribution >= 0.6 is 0 Å². The average Bonchev–Trinajstić information content (AvgIpc) is 2.32. The second kappa shape index (κ2) is 6.52. The second-order valence-corrected chi connectivity index (χ2v) is 8.58. The molecule has 0 amide bonds. The van der Waals surface area contributed by atoms with Gasteiger partial charge in [-0.25, -0.2) is 9.59 Å². The molecule has 0 bridgehead atoms. The zero-order chi connectivity index (χ0) is 18.9. The SMILES string of the molecule is CC(C)(C)OC(=O)c1ccc(C(=O)OC(C)(C)C)c(S(=O)(=O)O)c1. The van der Waals surface area contributed by atoms with Crippen LogP contribution in [0, 0.1) is 0 Å². The summed E-state index contributed by atoms with van der Waals surface area (Å²) in [6.07, 6.45) is 0. The van der Waals surface area contributed by atoms with E-state index in [1.165, 1.54) is 6.07 Å². The van der Waals surface area contributed by atoms with Crippen molar-refractivity contribution in [2.75, 3.05) is 0 Å². The highest BCUT2D eigenvalue weighted by molar-refractivity contribution is 7.86. The Balaban J connectivity index is 3.35. The van der Waals surface area contributed by atoms with Crippen molar-refractivity contribution in [1.29, 1.82) is 0 Å². The highest BCUT2D eigenvalue weighted by Gasteiger charge is 2.27. The molecule has 1 N–H and O–H groups in total. The molecule has 1 aromatic rings. The van der Waals surface area contributed by atoms with Crippen LogP contribution in [0.1, 0.15) is 62.3 Å². The molecule has 1 aromatic carbocycles. The summed E-state index contributed by atoms with van der Waals surface area (Å²) in [5.74, 6) is -1.70. The van der Waals surface area contributed by atoms with Gasteiger partial charge in [-0.3, -0.25) is 4.55 Å². The number of rotatable bonds is 3. The minimum Gasteiger partial charge on any atom is -0.456 e. The van der Waals surface area contributed by atoms with Crippen molar-refractivity contribution in [3.05, 3.63) is 29.3 Å². The van der Waals surface area contributed by atoms with Gasteiger partial charge in [0.15, 0.2) is 0 Å². The minimum absolute atomic E-state index is 0.107. The number of carbonyl (C=O) groups is 2. The third-order valence-corrected chi connectivity index (χ3v) is 3.41. The molecule has 0 spiro atoms. The fourth-order valence-corrected chi connectivity index (χ4v) is 2.41. The largest absolute Gasteiger partial charge is 0.456 e. The van der Waals surface area contributed by atoms with Gasteiger partial charge in [0.1, 0.15) is 16.1 Å². The monoisotopic (exact) mass is 358 g/mol. The Morgan fingerprint density at radius 2 is 1.38 bits per heavy atom. The van der Waals surface area contributed by atoms with Crippen LogP contribution in [0.4, 0.5) is 0 Å². The van der Waals surface area contributed by atoms with Gasteiger partial charge in [-0.15, -0.1) is 0 Å². The number of hydrogen-bond donors (Lipinski definition) is 1. The first kappa shape index (κ1) is 20.1. The molecule has 0 aliphatic heterocycles. The lowest BCUT2D eigenvalue weighted by atomic mass is 10.1. The zero-order valence-electron chi connectivity index (χ0n) is 14.5. The molecular weight excluding hydrogens is 336 g/mol. The van der Waals surface area contributed by atoms with Gasteiger partial charge in [0.2, 0.25) is 0 Å². The predicted molar refractivity (Wildman–Crippen MR) is 86.6 cm³/mol. The first-order valence-electron chi connectivity index (χ1n) is 7.18. The van der Waals surface area contributed by atoms with E-state index in [0.29, 0.717) is 0 Å². The molecular formula is C16H22O7S. The quantitative estimate of drug-likeness (QED) is 0.654. The van der Waals surface area contributed by atoms with Gasteiger partial charge in [-0.05, 0) is 59.7 Å². The molecule has 0 aromatic heterocycles. The van der Waals surface area contributed by atoms with Gasteiger partial charge in [0.25, 0.3) is 10.1 Å². The highest BCUT2D eigenvalue weighted by atomic mass is 32.2. The third-order valence-electron chi connectivity index (χ3n) is 2.51. The molecule has 24 heavy (non-hydrogen) atoms. The van der Waals surface area contributed by atoms with Crippen molar-refractivity contribution in [3.8, 4) is 0 Å². The molecule has 1 rings (SSSR count). The van der Waals surface area contributed by atoms with Crippen LogP contribution in [0.25, 0.3) is 0 Å². The summed E-state index contributed by atoms with van der Waals surface area (Å²) < 4.78 is 42.8. The van der Waals surface area contributed by atoms with Crippen LogP contribution in [-0.4, -0.2) is 36.1 Å². The lowest BCUT2D eigenvalue weighted by molar-refractivity contribution is 0.00481. The number of esters is 2. The van der Waals surface area contributed by atoms with E-state index in [1.54, 1.807) is 41.5 Å². The molecule has 0 atom stereocenters. The van der Waals surface area contributed by atoms with Gasteiger partial charge in [-0.2, -0.15) is 8.42 Å². The molecule has 0 fully saturated rings. The lowest BCUT2D eigenvalue weighted by Crippen LogP contribution is -2.26. The van der Waals surface area contributed by atoms with E-state index in [2.05, 4.69) is 0 Å². The van der Waals surface area contributed by atoms with Gasteiger partial charge in [0.05, 0.1) is 11.1 Å². The molecule has 0 aliphatic carbocycles. The predicted octanol–water partition coefficient (Wildman–Crippen LogP) is 2.84. The van der Waals surface area contributed by atoms with E-state index in [1.807, 2.05) is 0 Å². The van der Waals surface area contributed by atoms with Gasteiger partial charge >= 0.3 is 11.9 Å². The van der Waals surface area contributed by atoms with E-state index >= 15 is 0 Å². The van der Waals surface area contributed by atoms with Crippen LogP contribution in [0.2, 0.25) is 0 Å². The van der Waals surface area contributed by atoms with Crippen LogP contribution in [0.5, 0.6) is 0 Å². The van der Waals surface area contributed by atoms with Crippen LogP contribution in [-0.2, 0) is 19.6 Å². The smallest absolute Gasteiger partial charge is 0.340 e. The molecule has 0 saturated heterocycles. The summed E-state index contributed by atoms with van der Waals surface area (Å²) in [6.45, 7) is 9.82. The summed E-state index contributed by atoms with van der Waals surface area (Å²) >= 11 is 0. The van der Waals surface area contributed by atoms with E-state index < -0.39 is 38.2 Å². The van der Waals surface area contributed by atoms with Crippen LogP contribution in [0.3, 0.4) is 0 Å². The van der Waals surface area contributed by atoms with Crippen molar-refractivity contribution in [2.45, 2.75) is 57.6 Å². The molecule has 7 nitrogen and oxygen atoms in total. The average molecular weight is 358 g/mol. The number of carbonyl (C=O) groups excluding carboxylic acids is 2. The topological polar surface area (TPSA) is 107 Å². The highest BCUT2D eigenvalue weighted by Crippen LogP contribution is 2.22. The minimum atomic E-state index is -4.74. The summed E-state index contributed by atoms with van der Waals surface area (Å²) in [7, 11) is -4.74. The van der Waals surface area contributed by atoms with E-state index in [4.69, 9.17) is 9.47 Å². The van der Waals surface area contributed by atoms with E-state index in [-0.39, 0.29) is 11.1 Å². The molecule has 0 saturated carbocycles. The number of ether oxygens (including phenoxy) is 2. The standard InChI is InChI=1S/C16H22O7S/c1-15(2,3)22-13(17)10-7-8-11(12(9-10)24(19,20)21)14(18)23-16(4,5)6/h7-9H,1-6H3,(H,19,20,21). The maximum absolute atomic E-state index is 12.1. The molecule has 134 valence electrons. The Morgan fingerprint density at radius 3 is 1.79 bits per heavy atom. The first-order valence-corrected chi connectivity index (χ1v) is 8.62. The van der Waals surface area contributed by atoms with E-state index in [0.717, 1.165) is 12.1 Å². The molecule has 0 unspecified atom stereocenters. The van der Waals surface area contributed by atoms with Crippen molar-refractivity contribution in [1.82, 2.24) is 0 Å². The summed E-state index contributed by atoms with van der Waals surface area (Å²) in [5, 5.41) is 0. The maximum atomic E-state index is 12.1. The van der Waals surface area contributed by atoms with Crippen molar-refractivity contribution < 1.29 is 32.0 Å². The molecule has 0 aliphatic rings. The zero-order valence-corrected chi connectivity index (χ0v) is 15.4. The van der Waals surface area contributed by atoms with Crippen molar-refractivity contribution >= 4 is 22.1 Å². The van der Waals surface area contributed by atoms with Gasteiger partial charge in [0, 0.05) is 0 Å². The normalized spacial score (nSPS) is 12.6. The fraction of sp³-hybridized carbons (Fsp3) is 0.500. The Hall–Kier alpha value is -1.93. The summed E-state index contributed by atoms with van der Waals surface area (Å²) in [5.41, 5.74) is -2.10. The van der Waals surface area contributed by atoms with Crippen molar-refractivity contribution in [2.24, 2.45) is 0 Å². The summed E-state index contributed by atoms with van der Waals surface area (Å²) in [4.78, 5) is 23.5. The van der Waals surface area contributed by atoms with Gasteiger partial charge < -0.3 is 9.47 Å². The van der Waals surface area contributed by atoms with E-state index in [9.17, 15) is 22.6 Å². The Kier molecular flexibility index (Phi) is 5.47. The third kappa shape index (κ3) is 5.93. The Morgan fingerprint density at radius 1 is 0.917 bits per heavy atom. The van der Waals surface area contributed by atoms with Crippen LogP contribution in [0.15, 0.2) is 23.1 Å². The molecule has 0 radical (unpaired) electrons. The Labute approximate surface area is 141 Å². The maximum Gasteiger partial charge on any atom is 0.340 e. The lowest BCUT2D eigenvalue weighted by Gasteiger charge is -2.21. The second-order valence-electron chi connectivity index (χ2n) is 7.19. The van der Waals surface area contributed by atoms with Crippen molar-refractivity contribution in [3.63, 3.8) is 0 Å². The number of hydrogen-bond acceptors (Lipinski definition) is 6. The molecule has 0 heterocycles. The van der Waals surface area contributed by atoms with Crippen LogP contribution < -0.4 is 0 Å². The Bertz CT molecular complexity index is 750.